The number of aromatic nitrogens is 1. The molecule has 0 bridgehead atoms. The molecule has 0 aliphatic rings. The molecular formula is C19H13ClFN3O2S. The number of phenolic OH excluding ortho intramolecular Hbond substituents is 1. The summed E-state index contributed by atoms with van der Waals surface area (Å²) in [6, 6.07) is 13.8. The summed E-state index contributed by atoms with van der Waals surface area (Å²) in [5.41, 5.74) is 1.97. The van der Waals surface area contributed by atoms with Crippen LogP contribution in [0.25, 0.3) is 11.3 Å². The van der Waals surface area contributed by atoms with E-state index in [4.69, 9.17) is 11.6 Å². The molecule has 0 aliphatic heterocycles. The van der Waals surface area contributed by atoms with E-state index in [9.17, 15) is 19.6 Å². The van der Waals surface area contributed by atoms with Crippen LogP contribution in [0.15, 0.2) is 47.8 Å². The van der Waals surface area contributed by atoms with Crippen LogP contribution in [0.1, 0.15) is 5.56 Å². The number of nitriles is 1. The Hall–Kier alpha value is -2.95. The number of rotatable bonds is 5. The first kappa shape index (κ1) is 18.8. The second-order valence-corrected chi connectivity index (χ2v) is 6.95. The molecule has 1 amide bonds. The predicted octanol–water partition coefficient (Wildman–Crippen LogP) is 4.63. The summed E-state index contributed by atoms with van der Waals surface area (Å²) in [6.45, 7) is 0. The van der Waals surface area contributed by atoms with Gasteiger partial charge in [0.25, 0.3) is 0 Å². The molecular weight excluding hydrogens is 389 g/mol. The minimum absolute atomic E-state index is 0.0455. The summed E-state index contributed by atoms with van der Waals surface area (Å²) >= 11 is 6.98. The molecule has 136 valence electrons. The minimum Gasteiger partial charge on any atom is -0.504 e. The van der Waals surface area contributed by atoms with E-state index in [0.717, 1.165) is 17.3 Å². The van der Waals surface area contributed by atoms with Crippen molar-refractivity contribution >= 4 is 34.0 Å². The first-order valence-corrected chi connectivity index (χ1v) is 9.12. The highest BCUT2D eigenvalue weighted by Gasteiger charge is 2.21. The van der Waals surface area contributed by atoms with Crippen molar-refractivity contribution in [1.82, 2.24) is 4.98 Å². The molecule has 1 heterocycles. The quantitative estimate of drug-likeness (QED) is 0.652. The molecule has 2 aromatic carbocycles. The fraction of sp³-hybridized carbons (Fsp3) is 0.105. The van der Waals surface area contributed by atoms with Crippen LogP contribution >= 0.6 is 22.9 Å². The van der Waals surface area contributed by atoms with Gasteiger partial charge >= 0.3 is 0 Å². The number of nitrogens with one attached hydrogen (secondary N) is 1. The van der Waals surface area contributed by atoms with Crippen LogP contribution in [0.2, 0.25) is 5.02 Å². The monoisotopic (exact) mass is 401 g/mol. The third-order valence-corrected chi connectivity index (χ3v) is 4.84. The van der Waals surface area contributed by atoms with E-state index in [0.29, 0.717) is 10.7 Å². The predicted molar refractivity (Wildman–Crippen MR) is 102 cm³/mol. The molecule has 1 aromatic heterocycles. The smallest absolute Gasteiger partial charge is 0.243 e. The van der Waals surface area contributed by atoms with Crippen molar-refractivity contribution in [2.45, 2.75) is 6.42 Å². The summed E-state index contributed by atoms with van der Waals surface area (Å²) in [4.78, 5) is 16.7. The first-order valence-electron chi connectivity index (χ1n) is 7.86. The number of halogens is 2. The van der Waals surface area contributed by atoms with Crippen molar-refractivity contribution in [2.24, 2.45) is 5.92 Å². The van der Waals surface area contributed by atoms with Gasteiger partial charge in [0.2, 0.25) is 5.91 Å². The highest BCUT2D eigenvalue weighted by atomic mass is 35.5. The number of nitrogens with zero attached hydrogens (tertiary/aromatic N) is 2. The van der Waals surface area contributed by atoms with Crippen LogP contribution in [0.4, 0.5) is 9.52 Å². The van der Waals surface area contributed by atoms with Crippen LogP contribution in [0.5, 0.6) is 5.75 Å². The lowest BCUT2D eigenvalue weighted by Gasteiger charge is -2.10. The van der Waals surface area contributed by atoms with E-state index in [1.54, 1.807) is 5.38 Å². The van der Waals surface area contributed by atoms with E-state index >= 15 is 0 Å². The highest BCUT2D eigenvalue weighted by molar-refractivity contribution is 7.14. The maximum Gasteiger partial charge on any atom is 0.243 e. The van der Waals surface area contributed by atoms with Gasteiger partial charge < -0.3 is 10.4 Å². The fourth-order valence-electron chi connectivity index (χ4n) is 2.43. The molecule has 0 fully saturated rings. The number of hydrogen-bond donors (Lipinski definition) is 2. The Morgan fingerprint density at radius 3 is 2.78 bits per heavy atom. The summed E-state index contributed by atoms with van der Waals surface area (Å²) in [5, 5.41) is 23.3. The third kappa shape index (κ3) is 4.42. The fourth-order valence-corrected chi connectivity index (χ4v) is 3.39. The average Bonchev–Trinajstić information content (AvgIpc) is 3.13. The maximum atomic E-state index is 13.6. The number of hydrogen-bond acceptors (Lipinski definition) is 5. The molecule has 0 radical (unpaired) electrons. The zero-order valence-corrected chi connectivity index (χ0v) is 15.4. The highest BCUT2D eigenvalue weighted by Crippen LogP contribution is 2.29. The lowest BCUT2D eigenvalue weighted by molar-refractivity contribution is -0.118. The molecule has 1 unspecified atom stereocenters. The zero-order chi connectivity index (χ0) is 19.4. The van der Waals surface area contributed by atoms with Gasteiger partial charge in [-0.05, 0) is 24.1 Å². The molecule has 1 atom stereocenters. The Morgan fingerprint density at radius 2 is 2.11 bits per heavy atom. The van der Waals surface area contributed by atoms with Crippen LogP contribution in [0.3, 0.4) is 0 Å². The second-order valence-electron chi connectivity index (χ2n) is 5.69. The van der Waals surface area contributed by atoms with E-state index in [1.165, 1.54) is 17.4 Å². The van der Waals surface area contributed by atoms with E-state index in [2.05, 4.69) is 10.3 Å². The van der Waals surface area contributed by atoms with Gasteiger partial charge in [-0.25, -0.2) is 9.37 Å². The molecule has 3 rings (SSSR count). The van der Waals surface area contributed by atoms with Crippen LogP contribution < -0.4 is 5.32 Å². The number of aromatic hydroxyl groups is 1. The van der Waals surface area contributed by atoms with Gasteiger partial charge in [0.15, 0.2) is 16.7 Å². The molecule has 5 nitrogen and oxygen atoms in total. The maximum absolute atomic E-state index is 13.6. The largest absolute Gasteiger partial charge is 0.504 e. The van der Waals surface area contributed by atoms with Crippen molar-refractivity contribution in [3.63, 3.8) is 0 Å². The van der Waals surface area contributed by atoms with E-state index in [-0.39, 0.29) is 11.4 Å². The molecule has 0 spiro atoms. The van der Waals surface area contributed by atoms with Gasteiger partial charge in [-0.15, -0.1) is 11.3 Å². The van der Waals surface area contributed by atoms with E-state index in [1.807, 2.05) is 36.4 Å². The summed E-state index contributed by atoms with van der Waals surface area (Å²) in [7, 11) is 0. The van der Waals surface area contributed by atoms with Crippen LogP contribution in [-0.4, -0.2) is 16.0 Å². The van der Waals surface area contributed by atoms with Crippen molar-refractivity contribution in [2.75, 3.05) is 5.32 Å². The summed E-state index contributed by atoms with van der Waals surface area (Å²) < 4.78 is 13.6. The Balaban J connectivity index is 1.71. The zero-order valence-electron chi connectivity index (χ0n) is 13.8. The Bertz CT molecular complexity index is 994. The number of thiazole rings is 1. The van der Waals surface area contributed by atoms with Gasteiger partial charge in [0.05, 0.1) is 16.8 Å². The summed E-state index contributed by atoms with van der Waals surface area (Å²) in [5.74, 6) is -3.17. The lowest BCUT2D eigenvalue weighted by atomic mass is 9.99. The van der Waals surface area contributed by atoms with Crippen molar-refractivity contribution < 1.29 is 14.3 Å². The van der Waals surface area contributed by atoms with Gasteiger partial charge in [0.1, 0.15) is 5.92 Å². The number of carbonyl (C=O) groups is 1. The molecule has 3 aromatic rings. The number of phenols is 1. The molecule has 0 saturated carbocycles. The molecule has 0 saturated heterocycles. The van der Waals surface area contributed by atoms with Gasteiger partial charge in [-0.3, -0.25) is 4.79 Å². The Morgan fingerprint density at radius 1 is 1.37 bits per heavy atom. The molecule has 2 N–H and O–H groups in total. The van der Waals surface area contributed by atoms with Crippen LogP contribution in [-0.2, 0) is 11.2 Å². The van der Waals surface area contributed by atoms with Gasteiger partial charge in [0, 0.05) is 10.9 Å². The minimum atomic E-state index is -1.06. The van der Waals surface area contributed by atoms with Gasteiger partial charge in [-0.1, -0.05) is 41.9 Å². The number of carbonyl (C=O) groups excluding carboxylic acids is 1. The second kappa shape index (κ2) is 8.16. The van der Waals surface area contributed by atoms with Crippen molar-refractivity contribution in [3.05, 3.63) is 64.2 Å². The normalized spacial score (nSPS) is 11.6. The van der Waals surface area contributed by atoms with Crippen molar-refractivity contribution in [3.8, 4) is 23.1 Å². The molecule has 27 heavy (non-hydrogen) atoms. The third-order valence-electron chi connectivity index (χ3n) is 3.79. The molecule has 8 heteroatoms. The number of anilines is 1. The first-order chi connectivity index (χ1) is 13.0. The molecule has 0 aliphatic carbocycles. The average molecular weight is 402 g/mol. The van der Waals surface area contributed by atoms with Crippen LogP contribution in [0, 0.1) is 23.1 Å². The van der Waals surface area contributed by atoms with Crippen molar-refractivity contribution in [1.29, 1.82) is 5.26 Å². The standard InChI is InChI=1S/C19H13ClFN3O2S/c20-14-7-11(8-15(21)17(14)25)6-13(9-22)18(26)24-19-23-16(10-27-19)12-4-2-1-3-5-12/h1-5,7-8,10,13,25H,6H2,(H,23,24,26). The summed E-state index contributed by atoms with van der Waals surface area (Å²) in [6.07, 6.45) is -0.0455. The van der Waals surface area contributed by atoms with E-state index < -0.39 is 23.4 Å². The SMILES string of the molecule is N#CC(Cc1cc(F)c(O)c(Cl)c1)C(=O)Nc1nc(-c2ccccc2)cs1. The number of amides is 1. The number of benzene rings is 2. The van der Waals surface area contributed by atoms with Gasteiger partial charge in [-0.2, -0.15) is 5.26 Å². The topological polar surface area (TPSA) is 86.0 Å². The lowest BCUT2D eigenvalue weighted by Crippen LogP contribution is -2.23. The Labute approximate surface area is 163 Å². The Kier molecular flexibility index (Phi) is 5.69.